The Morgan fingerprint density at radius 3 is 2.62 bits per heavy atom. The molecule has 3 heteroatoms. The lowest BCUT2D eigenvalue weighted by molar-refractivity contribution is 0.551. The van der Waals surface area contributed by atoms with E-state index in [2.05, 4.69) is 54.9 Å². The highest BCUT2D eigenvalue weighted by atomic mass is 32.2. The van der Waals surface area contributed by atoms with Gasteiger partial charge in [0.15, 0.2) is 0 Å². The van der Waals surface area contributed by atoms with Crippen LogP contribution in [0.5, 0.6) is 0 Å². The third-order valence-corrected chi connectivity index (χ3v) is 4.46. The molecule has 108 valence electrons. The third kappa shape index (κ3) is 2.79. The average Bonchev–Trinajstić information content (AvgIpc) is 2.91. The van der Waals surface area contributed by atoms with Gasteiger partial charge in [0, 0.05) is 34.5 Å². The second-order valence-corrected chi connectivity index (χ2v) is 5.76. The predicted molar refractivity (Wildman–Crippen MR) is 91.1 cm³/mol. The quantitative estimate of drug-likeness (QED) is 0.644. The maximum absolute atomic E-state index is 5.95. The molecule has 1 aromatic heterocycles. The summed E-state index contributed by atoms with van der Waals surface area (Å²) in [5.74, 6) is 1.07. The summed E-state index contributed by atoms with van der Waals surface area (Å²) in [5, 5.41) is 4.76. The third-order valence-electron chi connectivity index (χ3n) is 3.67. The van der Waals surface area contributed by atoms with Gasteiger partial charge in [0.2, 0.25) is 0 Å². The molecule has 0 spiro atoms. The van der Waals surface area contributed by atoms with Gasteiger partial charge in [-0.1, -0.05) is 37.3 Å². The van der Waals surface area contributed by atoms with Crippen molar-refractivity contribution in [1.29, 1.82) is 0 Å². The van der Waals surface area contributed by atoms with E-state index in [0.29, 0.717) is 0 Å². The van der Waals surface area contributed by atoms with Gasteiger partial charge in [-0.25, -0.2) is 0 Å². The second-order valence-electron chi connectivity index (χ2n) is 4.91. The topological polar surface area (TPSA) is 25.2 Å². The number of rotatable bonds is 5. The summed E-state index contributed by atoms with van der Waals surface area (Å²) in [5.41, 5.74) is 3.42. The van der Waals surface area contributed by atoms with Crippen molar-refractivity contribution >= 4 is 28.4 Å². The summed E-state index contributed by atoms with van der Waals surface area (Å²) in [7, 11) is 0. The fraction of sp³-hybridized carbons (Fsp3) is 0.222. The molecule has 2 nitrogen and oxygen atoms in total. The second kappa shape index (κ2) is 6.27. The first-order chi connectivity index (χ1) is 10.3. The van der Waals surface area contributed by atoms with Gasteiger partial charge < -0.3 is 9.73 Å². The van der Waals surface area contributed by atoms with Crippen LogP contribution in [0.1, 0.15) is 18.2 Å². The van der Waals surface area contributed by atoms with Crippen LogP contribution in [0.15, 0.2) is 57.8 Å². The zero-order valence-electron chi connectivity index (χ0n) is 12.3. The molecule has 2 aromatic carbocycles. The minimum atomic E-state index is 0.789. The lowest BCUT2D eigenvalue weighted by Crippen LogP contribution is -2.02. The van der Waals surface area contributed by atoms with E-state index in [9.17, 15) is 0 Å². The number of nitrogens with one attached hydrogen (secondary N) is 1. The molecule has 3 aromatic rings. The predicted octanol–water partition coefficient (Wildman–Crippen LogP) is 5.33. The van der Waals surface area contributed by atoms with E-state index in [1.165, 1.54) is 21.5 Å². The van der Waals surface area contributed by atoms with Crippen LogP contribution in [0, 0.1) is 0 Å². The Balaban J connectivity index is 1.91. The van der Waals surface area contributed by atoms with Crippen molar-refractivity contribution < 1.29 is 4.42 Å². The van der Waals surface area contributed by atoms with Gasteiger partial charge in [-0.2, -0.15) is 0 Å². The molecule has 0 radical (unpaired) electrons. The average molecular weight is 297 g/mol. The van der Waals surface area contributed by atoms with Crippen molar-refractivity contribution in [1.82, 2.24) is 0 Å². The molecule has 0 amide bonds. The Morgan fingerprint density at radius 1 is 1.05 bits per heavy atom. The van der Waals surface area contributed by atoms with Gasteiger partial charge in [0.1, 0.15) is 11.3 Å². The Kier molecular flexibility index (Phi) is 4.20. The molecule has 0 atom stereocenters. The van der Waals surface area contributed by atoms with Crippen LogP contribution in [-0.2, 0) is 13.0 Å². The van der Waals surface area contributed by atoms with Crippen LogP contribution in [0.3, 0.4) is 0 Å². The van der Waals surface area contributed by atoms with Crippen LogP contribution in [0.4, 0.5) is 5.69 Å². The van der Waals surface area contributed by atoms with E-state index < -0.39 is 0 Å². The molecule has 21 heavy (non-hydrogen) atoms. The molecule has 0 fully saturated rings. The van der Waals surface area contributed by atoms with E-state index >= 15 is 0 Å². The first-order valence-electron chi connectivity index (χ1n) is 7.19. The summed E-state index contributed by atoms with van der Waals surface area (Å²) in [4.78, 5) is 1.27. The van der Waals surface area contributed by atoms with Crippen LogP contribution in [0.25, 0.3) is 11.0 Å². The lowest BCUT2D eigenvalue weighted by atomic mass is 10.1. The molecule has 3 rings (SSSR count). The number of para-hydroxylation sites is 2. The van der Waals surface area contributed by atoms with Gasteiger partial charge in [0.05, 0.1) is 0 Å². The van der Waals surface area contributed by atoms with Crippen molar-refractivity contribution in [3.05, 3.63) is 59.9 Å². The molecule has 1 N–H and O–H groups in total. The van der Waals surface area contributed by atoms with Gasteiger partial charge in [0.25, 0.3) is 0 Å². The number of aryl methyl sites for hydroxylation is 1. The molecule has 0 bridgehead atoms. The molecule has 0 aliphatic rings. The number of fused-ring (bicyclic) bond motifs is 1. The fourth-order valence-corrected chi connectivity index (χ4v) is 3.18. The highest BCUT2D eigenvalue weighted by molar-refractivity contribution is 7.98. The van der Waals surface area contributed by atoms with E-state index in [1.807, 2.05) is 12.1 Å². The zero-order chi connectivity index (χ0) is 14.7. The minimum absolute atomic E-state index is 0.789. The lowest BCUT2D eigenvalue weighted by Gasteiger charge is -2.10. The van der Waals surface area contributed by atoms with Crippen LogP contribution >= 0.6 is 11.8 Å². The Bertz CT molecular complexity index is 748. The molecule has 0 saturated heterocycles. The van der Waals surface area contributed by atoms with Gasteiger partial charge >= 0.3 is 0 Å². The fourth-order valence-electron chi connectivity index (χ4n) is 2.60. The molecule has 0 unspecified atom stereocenters. The number of furan rings is 1. The molecule has 1 heterocycles. The van der Waals surface area contributed by atoms with E-state index in [-0.39, 0.29) is 0 Å². The Hall–Kier alpha value is -1.87. The minimum Gasteiger partial charge on any atom is -0.461 e. The summed E-state index contributed by atoms with van der Waals surface area (Å²) in [6.45, 7) is 2.93. The van der Waals surface area contributed by atoms with Crippen molar-refractivity contribution in [3.8, 4) is 0 Å². The Labute approximate surface area is 129 Å². The van der Waals surface area contributed by atoms with Crippen molar-refractivity contribution in [2.45, 2.75) is 24.8 Å². The summed E-state index contributed by atoms with van der Waals surface area (Å²) in [6.07, 6.45) is 3.01. The van der Waals surface area contributed by atoms with Gasteiger partial charge in [-0.3, -0.25) is 0 Å². The van der Waals surface area contributed by atoms with Crippen LogP contribution < -0.4 is 5.32 Å². The molecule has 0 aliphatic heterocycles. The SMILES string of the molecule is CCc1oc2ccccc2c1CNc1ccccc1SC. The summed E-state index contributed by atoms with van der Waals surface area (Å²) in [6, 6.07) is 16.7. The highest BCUT2D eigenvalue weighted by Crippen LogP contribution is 2.29. The number of thioether (sulfide) groups is 1. The number of anilines is 1. The van der Waals surface area contributed by atoms with E-state index in [1.54, 1.807) is 11.8 Å². The van der Waals surface area contributed by atoms with E-state index in [4.69, 9.17) is 4.42 Å². The number of hydrogen-bond acceptors (Lipinski definition) is 3. The summed E-state index contributed by atoms with van der Waals surface area (Å²) >= 11 is 1.76. The maximum atomic E-state index is 5.95. The van der Waals surface area contributed by atoms with Gasteiger partial charge in [-0.05, 0) is 24.5 Å². The first-order valence-corrected chi connectivity index (χ1v) is 8.42. The summed E-state index contributed by atoms with van der Waals surface area (Å²) < 4.78 is 5.95. The number of hydrogen-bond donors (Lipinski definition) is 1. The first kappa shape index (κ1) is 14.1. The molecular weight excluding hydrogens is 278 g/mol. The largest absolute Gasteiger partial charge is 0.461 e. The Morgan fingerprint density at radius 2 is 1.81 bits per heavy atom. The monoisotopic (exact) mass is 297 g/mol. The number of benzene rings is 2. The highest BCUT2D eigenvalue weighted by Gasteiger charge is 2.12. The molecule has 0 saturated carbocycles. The van der Waals surface area contributed by atoms with E-state index in [0.717, 1.165) is 24.3 Å². The smallest absolute Gasteiger partial charge is 0.134 e. The van der Waals surface area contributed by atoms with Crippen molar-refractivity contribution in [2.75, 3.05) is 11.6 Å². The molecule has 0 aliphatic carbocycles. The maximum Gasteiger partial charge on any atom is 0.134 e. The van der Waals surface area contributed by atoms with Crippen LogP contribution in [0.2, 0.25) is 0 Å². The van der Waals surface area contributed by atoms with Gasteiger partial charge in [-0.15, -0.1) is 11.8 Å². The zero-order valence-corrected chi connectivity index (χ0v) is 13.2. The molecular formula is C18H19NOS. The van der Waals surface area contributed by atoms with Crippen LogP contribution in [-0.4, -0.2) is 6.26 Å². The standard InChI is InChI=1S/C18H19NOS/c1-3-16-14(13-8-4-6-10-17(13)20-16)12-19-15-9-5-7-11-18(15)21-2/h4-11,19H,3,12H2,1-2H3. The van der Waals surface area contributed by atoms with Crippen molar-refractivity contribution in [2.24, 2.45) is 0 Å². The van der Waals surface area contributed by atoms with Crippen molar-refractivity contribution in [3.63, 3.8) is 0 Å². The normalized spacial score (nSPS) is 11.0.